The molecular weight excluding hydrogens is 224 g/mol. The zero-order chi connectivity index (χ0) is 13.6. The van der Waals surface area contributed by atoms with Crippen molar-refractivity contribution >= 4 is 0 Å². The van der Waals surface area contributed by atoms with E-state index in [1.54, 1.807) is 0 Å². The van der Waals surface area contributed by atoms with Gasteiger partial charge in [0.25, 0.3) is 0 Å². The molecule has 1 rings (SSSR count). The predicted molar refractivity (Wildman–Crippen MR) is 77.9 cm³/mol. The van der Waals surface area contributed by atoms with Gasteiger partial charge in [0.05, 0.1) is 6.61 Å². The highest BCUT2D eigenvalue weighted by molar-refractivity contribution is 4.88. The highest BCUT2D eigenvalue weighted by atomic mass is 16.3. The summed E-state index contributed by atoms with van der Waals surface area (Å²) in [5.74, 6) is 0. The van der Waals surface area contributed by atoms with E-state index in [2.05, 4.69) is 37.9 Å². The Hall–Kier alpha value is -0.120. The van der Waals surface area contributed by atoms with Crippen LogP contribution in [0.1, 0.15) is 59.8 Å². The van der Waals surface area contributed by atoms with Crippen LogP contribution in [0.4, 0.5) is 0 Å². The second kappa shape index (κ2) is 7.46. The summed E-state index contributed by atoms with van der Waals surface area (Å²) < 4.78 is 0. The maximum atomic E-state index is 9.66. The topological polar surface area (TPSA) is 35.5 Å². The standard InChI is InChI=1S/C15H32N2O/c1-13(2)16-15(4,12-18)11-14(3)17-9-7-5-6-8-10-17/h13-14,16,18H,5-12H2,1-4H3. The van der Waals surface area contributed by atoms with Gasteiger partial charge in [-0.15, -0.1) is 0 Å². The number of nitrogens with zero attached hydrogens (tertiary/aromatic N) is 1. The van der Waals surface area contributed by atoms with E-state index in [9.17, 15) is 5.11 Å². The average Bonchev–Trinajstić information content (AvgIpc) is 2.56. The Bertz CT molecular complexity index is 225. The highest BCUT2D eigenvalue weighted by Gasteiger charge is 2.28. The zero-order valence-corrected chi connectivity index (χ0v) is 12.7. The Morgan fingerprint density at radius 1 is 1.11 bits per heavy atom. The van der Waals surface area contributed by atoms with Crippen LogP contribution in [0.3, 0.4) is 0 Å². The zero-order valence-electron chi connectivity index (χ0n) is 12.7. The minimum atomic E-state index is -0.153. The van der Waals surface area contributed by atoms with Gasteiger partial charge < -0.3 is 15.3 Å². The maximum absolute atomic E-state index is 9.66. The fourth-order valence-corrected chi connectivity index (χ4v) is 3.18. The minimum Gasteiger partial charge on any atom is -0.394 e. The molecule has 0 saturated carbocycles. The van der Waals surface area contributed by atoms with Gasteiger partial charge in [0.2, 0.25) is 0 Å². The van der Waals surface area contributed by atoms with Crippen LogP contribution < -0.4 is 5.32 Å². The molecule has 0 amide bonds. The summed E-state index contributed by atoms with van der Waals surface area (Å²) in [7, 11) is 0. The maximum Gasteiger partial charge on any atom is 0.0611 e. The summed E-state index contributed by atoms with van der Waals surface area (Å²) in [4.78, 5) is 2.60. The number of likely N-dealkylation sites (tertiary alicyclic amines) is 1. The van der Waals surface area contributed by atoms with Gasteiger partial charge >= 0.3 is 0 Å². The molecule has 2 atom stereocenters. The fraction of sp³-hybridized carbons (Fsp3) is 1.00. The molecule has 2 N–H and O–H groups in total. The first kappa shape index (κ1) is 15.9. The lowest BCUT2D eigenvalue weighted by molar-refractivity contribution is 0.110. The van der Waals surface area contributed by atoms with E-state index in [0.29, 0.717) is 12.1 Å². The molecule has 1 heterocycles. The molecule has 0 aromatic rings. The van der Waals surface area contributed by atoms with Crippen LogP contribution in [0.25, 0.3) is 0 Å². The van der Waals surface area contributed by atoms with Crippen molar-refractivity contribution in [2.24, 2.45) is 0 Å². The summed E-state index contributed by atoms with van der Waals surface area (Å²) in [5.41, 5.74) is -0.153. The van der Waals surface area contributed by atoms with E-state index in [4.69, 9.17) is 0 Å². The molecule has 3 nitrogen and oxygen atoms in total. The second-order valence-electron chi connectivity index (χ2n) is 6.52. The predicted octanol–water partition coefficient (Wildman–Crippen LogP) is 2.39. The highest BCUT2D eigenvalue weighted by Crippen LogP contribution is 2.20. The van der Waals surface area contributed by atoms with Gasteiger partial charge in [0.15, 0.2) is 0 Å². The van der Waals surface area contributed by atoms with Gasteiger partial charge in [-0.3, -0.25) is 0 Å². The lowest BCUT2D eigenvalue weighted by atomic mass is 9.92. The van der Waals surface area contributed by atoms with E-state index in [1.807, 2.05) is 0 Å². The third-order valence-corrected chi connectivity index (χ3v) is 4.00. The summed E-state index contributed by atoms with van der Waals surface area (Å²) in [6, 6.07) is 0.963. The Balaban J connectivity index is 2.51. The lowest BCUT2D eigenvalue weighted by Crippen LogP contribution is -2.53. The number of nitrogens with one attached hydrogen (secondary N) is 1. The van der Waals surface area contributed by atoms with Crippen molar-refractivity contribution in [2.75, 3.05) is 19.7 Å². The van der Waals surface area contributed by atoms with Crippen LogP contribution in [0.15, 0.2) is 0 Å². The van der Waals surface area contributed by atoms with Crippen LogP contribution in [-0.2, 0) is 0 Å². The molecule has 2 unspecified atom stereocenters. The first-order valence-electron chi connectivity index (χ1n) is 7.59. The lowest BCUT2D eigenvalue weighted by Gasteiger charge is -2.37. The third kappa shape index (κ3) is 5.25. The van der Waals surface area contributed by atoms with Crippen LogP contribution in [0.2, 0.25) is 0 Å². The summed E-state index contributed by atoms with van der Waals surface area (Å²) >= 11 is 0. The molecule has 1 aliphatic heterocycles. The van der Waals surface area contributed by atoms with Crippen LogP contribution in [0, 0.1) is 0 Å². The van der Waals surface area contributed by atoms with E-state index in [1.165, 1.54) is 38.8 Å². The Kier molecular flexibility index (Phi) is 6.61. The molecule has 0 aromatic heterocycles. The normalized spacial score (nSPS) is 23.7. The molecular formula is C15H32N2O. The largest absolute Gasteiger partial charge is 0.394 e. The van der Waals surface area contributed by atoms with Crippen molar-refractivity contribution < 1.29 is 5.11 Å². The SMILES string of the molecule is CC(C)NC(C)(CO)CC(C)N1CCCCCC1. The molecule has 0 radical (unpaired) electrons. The Morgan fingerprint density at radius 3 is 2.11 bits per heavy atom. The molecule has 0 spiro atoms. The van der Waals surface area contributed by atoms with Crippen molar-refractivity contribution in [3.8, 4) is 0 Å². The third-order valence-electron chi connectivity index (χ3n) is 4.00. The van der Waals surface area contributed by atoms with Gasteiger partial charge in [-0.1, -0.05) is 26.7 Å². The first-order chi connectivity index (χ1) is 8.47. The number of hydrogen-bond acceptors (Lipinski definition) is 3. The van der Waals surface area contributed by atoms with E-state index in [0.717, 1.165) is 6.42 Å². The molecule has 1 aliphatic rings. The molecule has 108 valence electrons. The van der Waals surface area contributed by atoms with Gasteiger partial charge in [-0.05, 0) is 46.2 Å². The molecule has 0 bridgehead atoms. The van der Waals surface area contributed by atoms with E-state index >= 15 is 0 Å². The van der Waals surface area contributed by atoms with Crippen molar-refractivity contribution in [3.63, 3.8) is 0 Å². The fourth-order valence-electron chi connectivity index (χ4n) is 3.18. The summed E-state index contributed by atoms with van der Waals surface area (Å²) in [6.07, 6.45) is 6.44. The van der Waals surface area contributed by atoms with Crippen LogP contribution >= 0.6 is 0 Å². The number of aliphatic hydroxyl groups excluding tert-OH is 1. The number of hydrogen-bond donors (Lipinski definition) is 2. The smallest absolute Gasteiger partial charge is 0.0611 e. The number of aliphatic hydroxyl groups is 1. The van der Waals surface area contributed by atoms with Crippen molar-refractivity contribution in [1.29, 1.82) is 0 Å². The van der Waals surface area contributed by atoms with E-state index in [-0.39, 0.29) is 12.1 Å². The second-order valence-corrected chi connectivity index (χ2v) is 6.52. The minimum absolute atomic E-state index is 0.153. The Labute approximate surface area is 113 Å². The van der Waals surface area contributed by atoms with Gasteiger partial charge in [0, 0.05) is 17.6 Å². The van der Waals surface area contributed by atoms with E-state index < -0.39 is 0 Å². The van der Waals surface area contributed by atoms with Gasteiger partial charge in [0.1, 0.15) is 0 Å². The Morgan fingerprint density at radius 2 is 1.67 bits per heavy atom. The monoisotopic (exact) mass is 256 g/mol. The number of rotatable bonds is 6. The summed E-state index contributed by atoms with van der Waals surface area (Å²) in [6.45, 7) is 11.4. The first-order valence-corrected chi connectivity index (χ1v) is 7.59. The molecule has 1 saturated heterocycles. The quantitative estimate of drug-likeness (QED) is 0.766. The summed E-state index contributed by atoms with van der Waals surface area (Å²) in [5, 5.41) is 13.2. The molecule has 18 heavy (non-hydrogen) atoms. The van der Waals surface area contributed by atoms with Crippen molar-refractivity contribution in [1.82, 2.24) is 10.2 Å². The van der Waals surface area contributed by atoms with Crippen LogP contribution in [-0.4, -0.2) is 47.3 Å². The van der Waals surface area contributed by atoms with Crippen molar-refractivity contribution in [3.05, 3.63) is 0 Å². The molecule has 0 aliphatic carbocycles. The van der Waals surface area contributed by atoms with Crippen molar-refractivity contribution in [2.45, 2.75) is 77.4 Å². The molecule has 1 fully saturated rings. The average molecular weight is 256 g/mol. The van der Waals surface area contributed by atoms with Gasteiger partial charge in [-0.2, -0.15) is 0 Å². The molecule has 0 aromatic carbocycles. The van der Waals surface area contributed by atoms with Gasteiger partial charge in [-0.25, -0.2) is 0 Å². The molecule has 3 heteroatoms. The van der Waals surface area contributed by atoms with Crippen LogP contribution in [0.5, 0.6) is 0 Å².